The van der Waals surface area contributed by atoms with E-state index < -0.39 is 0 Å². The van der Waals surface area contributed by atoms with Gasteiger partial charge in [0.25, 0.3) is 0 Å². The summed E-state index contributed by atoms with van der Waals surface area (Å²) >= 11 is 1.59. The smallest absolute Gasteiger partial charge is 0.157 e. The number of hydrogen-bond donors (Lipinski definition) is 1. The normalized spacial score (nSPS) is 11.1. The number of carbonyl (C=O) groups excluding carboxylic acids is 1. The van der Waals surface area contributed by atoms with Crippen LogP contribution in [-0.2, 0) is 0 Å². The molecule has 29 heavy (non-hydrogen) atoms. The molecule has 3 heterocycles. The first kappa shape index (κ1) is 18.9. The molecule has 0 radical (unpaired) electrons. The van der Waals surface area contributed by atoms with Crippen molar-refractivity contribution in [2.24, 2.45) is 0 Å². The molecular formula is C23H20N4OS. The molecule has 0 bridgehead atoms. The van der Waals surface area contributed by atoms with Gasteiger partial charge in [0.1, 0.15) is 17.8 Å². The summed E-state index contributed by atoms with van der Waals surface area (Å²) in [4.78, 5) is 21.9. The second kappa shape index (κ2) is 7.53. The zero-order valence-corrected chi connectivity index (χ0v) is 17.2. The lowest BCUT2D eigenvalue weighted by atomic mass is 10.1. The summed E-state index contributed by atoms with van der Waals surface area (Å²) in [5, 5.41) is 3.56. The van der Waals surface area contributed by atoms with Crippen molar-refractivity contribution in [1.29, 1.82) is 0 Å². The van der Waals surface area contributed by atoms with E-state index in [1.807, 2.05) is 34.9 Å². The Bertz CT molecular complexity index is 1250. The SMILES string of the molecule is CC(C)(C)Nc1c(-c2ccc(C#Cc3cccc(C=O)c3)s2)nc2cnccn12. The molecule has 144 valence electrons. The van der Waals surface area contributed by atoms with Crippen LogP contribution in [0.5, 0.6) is 0 Å². The first-order valence-corrected chi connectivity index (χ1v) is 10.0. The Balaban J connectivity index is 1.71. The van der Waals surface area contributed by atoms with Crippen molar-refractivity contribution in [3.8, 4) is 22.4 Å². The number of aldehydes is 1. The Morgan fingerprint density at radius 3 is 2.83 bits per heavy atom. The van der Waals surface area contributed by atoms with Gasteiger partial charge in [0.2, 0.25) is 0 Å². The number of benzene rings is 1. The van der Waals surface area contributed by atoms with Gasteiger partial charge in [0.15, 0.2) is 5.65 Å². The summed E-state index contributed by atoms with van der Waals surface area (Å²) in [5.74, 6) is 7.26. The maximum Gasteiger partial charge on any atom is 0.157 e. The molecule has 0 spiro atoms. The number of aromatic nitrogens is 3. The summed E-state index contributed by atoms with van der Waals surface area (Å²) in [5.41, 5.74) is 3.01. The molecule has 0 aliphatic heterocycles. The monoisotopic (exact) mass is 400 g/mol. The molecule has 4 aromatic rings. The van der Waals surface area contributed by atoms with Gasteiger partial charge < -0.3 is 5.32 Å². The number of carbonyl (C=O) groups is 1. The van der Waals surface area contributed by atoms with E-state index in [-0.39, 0.29) is 5.54 Å². The van der Waals surface area contributed by atoms with Gasteiger partial charge in [0, 0.05) is 29.1 Å². The number of rotatable bonds is 3. The number of thiophene rings is 1. The zero-order chi connectivity index (χ0) is 20.4. The number of hydrogen-bond acceptors (Lipinski definition) is 5. The Labute approximate surface area is 173 Å². The molecule has 0 aliphatic rings. The summed E-state index contributed by atoms with van der Waals surface area (Å²) in [6, 6.07) is 11.3. The summed E-state index contributed by atoms with van der Waals surface area (Å²) in [6.07, 6.45) is 6.25. The minimum absolute atomic E-state index is 0.114. The predicted molar refractivity (Wildman–Crippen MR) is 117 cm³/mol. The first-order chi connectivity index (χ1) is 13.9. The minimum Gasteiger partial charge on any atom is -0.365 e. The van der Waals surface area contributed by atoms with Crippen LogP contribution in [0.2, 0.25) is 0 Å². The van der Waals surface area contributed by atoms with E-state index in [2.05, 4.69) is 42.9 Å². The van der Waals surface area contributed by atoms with Crippen LogP contribution in [0.15, 0.2) is 55.0 Å². The van der Waals surface area contributed by atoms with Crippen molar-refractivity contribution in [2.75, 3.05) is 5.32 Å². The molecule has 0 atom stereocenters. The average Bonchev–Trinajstić information content (AvgIpc) is 3.30. The standard InChI is InChI=1S/C23H20N4OS/c1-23(2,3)26-22-21(25-20-14-24-11-12-27(20)22)19-10-9-18(29-19)8-7-16-5-4-6-17(13-16)15-28/h4-6,9-15,26H,1-3H3. The number of fused-ring (bicyclic) bond motifs is 1. The minimum atomic E-state index is -0.114. The molecule has 0 amide bonds. The fourth-order valence-corrected chi connectivity index (χ4v) is 3.76. The molecule has 5 nitrogen and oxygen atoms in total. The van der Waals surface area contributed by atoms with E-state index >= 15 is 0 Å². The highest BCUT2D eigenvalue weighted by molar-refractivity contribution is 7.16. The Morgan fingerprint density at radius 1 is 1.17 bits per heavy atom. The zero-order valence-electron chi connectivity index (χ0n) is 16.4. The highest BCUT2D eigenvalue weighted by Crippen LogP contribution is 2.34. The molecule has 0 saturated carbocycles. The third kappa shape index (κ3) is 4.20. The number of anilines is 1. The van der Waals surface area contributed by atoms with Gasteiger partial charge in [-0.3, -0.25) is 14.2 Å². The second-order valence-electron chi connectivity index (χ2n) is 7.65. The Morgan fingerprint density at radius 2 is 2.03 bits per heavy atom. The van der Waals surface area contributed by atoms with Crippen molar-refractivity contribution in [3.05, 3.63) is 71.0 Å². The number of nitrogens with zero attached hydrogens (tertiary/aromatic N) is 3. The van der Waals surface area contributed by atoms with Gasteiger partial charge in [-0.25, -0.2) is 4.98 Å². The molecule has 1 aromatic carbocycles. The van der Waals surface area contributed by atoms with Crippen molar-refractivity contribution < 1.29 is 4.79 Å². The largest absolute Gasteiger partial charge is 0.365 e. The van der Waals surface area contributed by atoms with Crippen LogP contribution in [0.25, 0.3) is 16.2 Å². The Hall–Kier alpha value is -3.43. The lowest BCUT2D eigenvalue weighted by Crippen LogP contribution is -2.27. The lowest BCUT2D eigenvalue weighted by molar-refractivity contribution is 0.112. The molecule has 0 fully saturated rings. The van der Waals surface area contributed by atoms with Crippen LogP contribution in [0.3, 0.4) is 0 Å². The quantitative estimate of drug-likeness (QED) is 0.393. The van der Waals surface area contributed by atoms with Crippen molar-refractivity contribution >= 4 is 29.1 Å². The van der Waals surface area contributed by atoms with E-state index in [0.29, 0.717) is 5.56 Å². The lowest BCUT2D eigenvalue weighted by Gasteiger charge is -2.22. The van der Waals surface area contributed by atoms with Gasteiger partial charge in [0.05, 0.1) is 16.0 Å². The van der Waals surface area contributed by atoms with Gasteiger partial charge in [-0.05, 0) is 45.0 Å². The van der Waals surface area contributed by atoms with Crippen LogP contribution in [0.4, 0.5) is 5.82 Å². The van der Waals surface area contributed by atoms with Gasteiger partial charge in [-0.2, -0.15) is 0 Å². The average molecular weight is 401 g/mol. The van der Waals surface area contributed by atoms with E-state index in [4.69, 9.17) is 4.98 Å². The van der Waals surface area contributed by atoms with Crippen LogP contribution in [0, 0.1) is 11.8 Å². The van der Waals surface area contributed by atoms with Crippen LogP contribution in [-0.4, -0.2) is 26.2 Å². The molecule has 6 heteroatoms. The molecule has 4 rings (SSSR count). The number of imidazole rings is 1. The topological polar surface area (TPSA) is 59.3 Å². The van der Waals surface area contributed by atoms with E-state index in [0.717, 1.165) is 38.8 Å². The molecular weight excluding hydrogens is 380 g/mol. The maximum atomic E-state index is 10.9. The molecule has 0 unspecified atom stereocenters. The molecule has 3 aromatic heterocycles. The van der Waals surface area contributed by atoms with Crippen LogP contribution in [0.1, 0.15) is 41.6 Å². The van der Waals surface area contributed by atoms with E-state index in [9.17, 15) is 4.79 Å². The van der Waals surface area contributed by atoms with Crippen LogP contribution < -0.4 is 5.32 Å². The van der Waals surface area contributed by atoms with Crippen LogP contribution >= 0.6 is 11.3 Å². The highest BCUT2D eigenvalue weighted by atomic mass is 32.1. The molecule has 0 aliphatic carbocycles. The number of nitrogens with one attached hydrogen (secondary N) is 1. The highest BCUT2D eigenvalue weighted by Gasteiger charge is 2.20. The van der Waals surface area contributed by atoms with E-state index in [1.54, 1.807) is 35.9 Å². The summed E-state index contributed by atoms with van der Waals surface area (Å²) < 4.78 is 2.02. The first-order valence-electron chi connectivity index (χ1n) is 9.21. The summed E-state index contributed by atoms with van der Waals surface area (Å²) in [7, 11) is 0. The fourth-order valence-electron chi connectivity index (χ4n) is 2.91. The molecule has 0 saturated heterocycles. The van der Waals surface area contributed by atoms with Gasteiger partial charge >= 0.3 is 0 Å². The van der Waals surface area contributed by atoms with Gasteiger partial charge in [-0.1, -0.05) is 24.0 Å². The second-order valence-corrected chi connectivity index (χ2v) is 8.73. The Kier molecular flexibility index (Phi) is 4.91. The van der Waals surface area contributed by atoms with Gasteiger partial charge in [-0.15, -0.1) is 11.3 Å². The van der Waals surface area contributed by atoms with E-state index in [1.165, 1.54) is 0 Å². The fraction of sp³-hybridized carbons (Fsp3) is 0.174. The maximum absolute atomic E-state index is 10.9. The molecule has 1 N–H and O–H groups in total. The summed E-state index contributed by atoms with van der Waals surface area (Å²) in [6.45, 7) is 6.36. The van der Waals surface area contributed by atoms with Crippen molar-refractivity contribution in [2.45, 2.75) is 26.3 Å². The third-order valence-electron chi connectivity index (χ3n) is 4.12. The third-order valence-corrected chi connectivity index (χ3v) is 5.12. The van der Waals surface area contributed by atoms with Crippen molar-refractivity contribution in [3.63, 3.8) is 0 Å². The van der Waals surface area contributed by atoms with Crippen molar-refractivity contribution in [1.82, 2.24) is 14.4 Å². The predicted octanol–water partition coefficient (Wildman–Crippen LogP) is 4.88.